The zero-order valence-electron chi connectivity index (χ0n) is 11.8. The Kier molecular flexibility index (Phi) is 5.01. The molecule has 0 aliphatic carbocycles. The molecule has 0 aliphatic rings. The highest BCUT2D eigenvalue weighted by molar-refractivity contribution is 6.55. The second kappa shape index (κ2) is 6.95. The van der Waals surface area contributed by atoms with Gasteiger partial charge in [0.15, 0.2) is 6.29 Å². The fourth-order valence-corrected chi connectivity index (χ4v) is 2.22. The van der Waals surface area contributed by atoms with E-state index >= 15 is 0 Å². The van der Waals surface area contributed by atoms with E-state index in [0.29, 0.717) is 27.7 Å². The van der Waals surface area contributed by atoms with Gasteiger partial charge in [-0.05, 0) is 35.4 Å². The van der Waals surface area contributed by atoms with Gasteiger partial charge in [0.25, 0.3) is 0 Å². The number of aldehydes is 1. The molecule has 0 atom stereocenters. The van der Waals surface area contributed by atoms with Gasteiger partial charge >= 0.3 is 0 Å². The number of carbonyl (C=O) groups is 1. The van der Waals surface area contributed by atoms with E-state index in [1.54, 1.807) is 26.4 Å². The molecule has 0 saturated heterocycles. The lowest BCUT2D eigenvalue weighted by atomic mass is 10.0. The maximum absolute atomic E-state index is 11.5. The number of ether oxygens (including phenoxy) is 2. The summed E-state index contributed by atoms with van der Waals surface area (Å²) in [6.45, 7) is 0. The third-order valence-electron chi connectivity index (χ3n) is 3.06. The van der Waals surface area contributed by atoms with E-state index in [4.69, 9.17) is 21.1 Å². The summed E-state index contributed by atoms with van der Waals surface area (Å²) in [4.78, 5) is 11.5. The first-order valence-corrected chi connectivity index (χ1v) is 6.71. The molecule has 0 N–H and O–H groups in total. The predicted molar refractivity (Wildman–Crippen MR) is 84.7 cm³/mol. The van der Waals surface area contributed by atoms with Crippen molar-refractivity contribution >= 4 is 28.5 Å². The molecule has 108 valence electrons. The number of methoxy groups -OCH3 is 2. The smallest absolute Gasteiger partial charge is 0.152 e. The number of allylic oxidation sites excluding steroid dienone is 1. The van der Waals surface area contributed by atoms with Crippen LogP contribution in [0.15, 0.2) is 48.5 Å². The Balaban J connectivity index is 2.52. The fourth-order valence-electron chi connectivity index (χ4n) is 1.95. The number of benzene rings is 2. The Morgan fingerprint density at radius 3 is 2.00 bits per heavy atom. The molecule has 0 amide bonds. The monoisotopic (exact) mass is 302 g/mol. The lowest BCUT2D eigenvalue weighted by Gasteiger charge is -2.08. The lowest BCUT2D eigenvalue weighted by Crippen LogP contribution is -1.92. The Morgan fingerprint density at radius 2 is 1.48 bits per heavy atom. The van der Waals surface area contributed by atoms with E-state index in [1.807, 2.05) is 36.4 Å². The van der Waals surface area contributed by atoms with E-state index < -0.39 is 0 Å². The Morgan fingerprint density at radius 1 is 0.952 bits per heavy atom. The van der Waals surface area contributed by atoms with Gasteiger partial charge in [-0.3, -0.25) is 4.79 Å². The summed E-state index contributed by atoms with van der Waals surface area (Å²) in [5.74, 6) is 1.35. The van der Waals surface area contributed by atoms with Gasteiger partial charge in [0.2, 0.25) is 0 Å². The second-order valence-electron chi connectivity index (χ2n) is 4.31. The molecule has 0 spiro atoms. The minimum absolute atomic E-state index is 0.372. The maximum Gasteiger partial charge on any atom is 0.152 e. The van der Waals surface area contributed by atoms with Gasteiger partial charge in [0.1, 0.15) is 11.5 Å². The summed E-state index contributed by atoms with van der Waals surface area (Å²) in [5, 5.41) is 0.372. The summed E-state index contributed by atoms with van der Waals surface area (Å²) in [6, 6.07) is 14.5. The summed E-state index contributed by atoms with van der Waals surface area (Å²) in [6.07, 6.45) is 0.747. The molecule has 2 aromatic rings. The topological polar surface area (TPSA) is 35.5 Å². The SMILES string of the molecule is COc1cccc(/C(Cl)=C(\C=O)c2cccc(OC)c2)c1. The average Bonchev–Trinajstić information content (AvgIpc) is 2.55. The van der Waals surface area contributed by atoms with Crippen molar-refractivity contribution in [3.8, 4) is 11.5 Å². The lowest BCUT2D eigenvalue weighted by molar-refractivity contribution is -0.103. The van der Waals surface area contributed by atoms with Crippen LogP contribution in [0.2, 0.25) is 0 Å². The van der Waals surface area contributed by atoms with Gasteiger partial charge in [0, 0.05) is 5.57 Å². The van der Waals surface area contributed by atoms with E-state index in [2.05, 4.69) is 0 Å². The quantitative estimate of drug-likeness (QED) is 0.475. The van der Waals surface area contributed by atoms with Crippen molar-refractivity contribution in [3.63, 3.8) is 0 Å². The number of halogens is 1. The largest absolute Gasteiger partial charge is 0.497 e. The zero-order chi connectivity index (χ0) is 15.2. The van der Waals surface area contributed by atoms with Crippen LogP contribution in [-0.2, 0) is 4.79 Å². The van der Waals surface area contributed by atoms with E-state index in [0.717, 1.165) is 11.8 Å². The molecule has 0 unspecified atom stereocenters. The van der Waals surface area contributed by atoms with Crippen LogP contribution < -0.4 is 9.47 Å². The molecule has 0 heterocycles. The first kappa shape index (κ1) is 15.1. The number of hydrogen-bond acceptors (Lipinski definition) is 3. The summed E-state index contributed by atoms with van der Waals surface area (Å²) in [7, 11) is 3.16. The van der Waals surface area contributed by atoms with Crippen molar-refractivity contribution < 1.29 is 14.3 Å². The van der Waals surface area contributed by atoms with Crippen molar-refractivity contribution in [2.75, 3.05) is 14.2 Å². The van der Waals surface area contributed by atoms with E-state index in [-0.39, 0.29) is 0 Å². The van der Waals surface area contributed by atoms with Crippen molar-refractivity contribution in [3.05, 3.63) is 59.7 Å². The Labute approximate surface area is 128 Å². The van der Waals surface area contributed by atoms with E-state index in [9.17, 15) is 4.79 Å². The minimum Gasteiger partial charge on any atom is -0.497 e. The molecular formula is C17H15ClO3. The molecule has 2 rings (SSSR count). The second-order valence-corrected chi connectivity index (χ2v) is 4.69. The van der Waals surface area contributed by atoms with Crippen LogP contribution in [-0.4, -0.2) is 20.5 Å². The third-order valence-corrected chi connectivity index (χ3v) is 3.48. The maximum atomic E-state index is 11.5. The van der Waals surface area contributed by atoms with E-state index in [1.165, 1.54) is 0 Å². The number of hydrogen-bond donors (Lipinski definition) is 0. The molecule has 0 aromatic heterocycles. The number of carbonyl (C=O) groups excluding carboxylic acids is 1. The zero-order valence-corrected chi connectivity index (χ0v) is 12.6. The normalized spacial score (nSPS) is 11.6. The Bertz CT molecular complexity index is 677. The molecular weight excluding hydrogens is 288 g/mol. The predicted octanol–water partition coefficient (Wildman–Crippen LogP) is 4.01. The highest BCUT2D eigenvalue weighted by Crippen LogP contribution is 2.31. The van der Waals surface area contributed by atoms with Crippen LogP contribution in [0.4, 0.5) is 0 Å². The van der Waals surface area contributed by atoms with Crippen LogP contribution in [0.3, 0.4) is 0 Å². The average molecular weight is 303 g/mol. The first-order valence-electron chi connectivity index (χ1n) is 6.33. The highest BCUT2D eigenvalue weighted by Gasteiger charge is 2.10. The molecule has 4 heteroatoms. The van der Waals surface area contributed by atoms with Crippen molar-refractivity contribution in [1.29, 1.82) is 0 Å². The van der Waals surface area contributed by atoms with Gasteiger partial charge in [-0.2, -0.15) is 0 Å². The highest BCUT2D eigenvalue weighted by atomic mass is 35.5. The van der Waals surface area contributed by atoms with Gasteiger partial charge in [-0.15, -0.1) is 0 Å². The van der Waals surface area contributed by atoms with Crippen molar-refractivity contribution in [1.82, 2.24) is 0 Å². The molecule has 0 aliphatic heterocycles. The van der Waals surface area contributed by atoms with Gasteiger partial charge in [0.05, 0.1) is 19.3 Å². The molecule has 0 bridgehead atoms. The van der Waals surface area contributed by atoms with Crippen LogP contribution in [0, 0.1) is 0 Å². The minimum atomic E-state index is 0.372. The first-order chi connectivity index (χ1) is 10.2. The van der Waals surface area contributed by atoms with Crippen LogP contribution in [0.25, 0.3) is 10.6 Å². The Hall–Kier alpha value is -2.26. The van der Waals surface area contributed by atoms with Crippen LogP contribution in [0.1, 0.15) is 11.1 Å². The molecule has 0 radical (unpaired) electrons. The third kappa shape index (κ3) is 3.44. The standard InChI is InChI=1S/C17H15ClO3/c1-20-14-7-3-5-12(9-14)16(11-19)17(18)13-6-4-8-15(10-13)21-2/h3-11H,1-2H3/b17-16-. The molecule has 0 fully saturated rings. The summed E-state index contributed by atoms with van der Waals surface area (Å²) >= 11 is 6.38. The molecule has 21 heavy (non-hydrogen) atoms. The molecule has 3 nitrogen and oxygen atoms in total. The number of rotatable bonds is 5. The van der Waals surface area contributed by atoms with Gasteiger partial charge in [-0.25, -0.2) is 0 Å². The van der Waals surface area contributed by atoms with Crippen LogP contribution in [0.5, 0.6) is 11.5 Å². The fraction of sp³-hybridized carbons (Fsp3) is 0.118. The van der Waals surface area contributed by atoms with Crippen LogP contribution >= 0.6 is 11.6 Å². The molecule has 0 saturated carbocycles. The van der Waals surface area contributed by atoms with Crippen molar-refractivity contribution in [2.45, 2.75) is 0 Å². The molecule has 2 aromatic carbocycles. The van der Waals surface area contributed by atoms with Gasteiger partial charge in [-0.1, -0.05) is 35.9 Å². The summed E-state index contributed by atoms with van der Waals surface area (Å²) in [5.41, 5.74) is 1.84. The summed E-state index contributed by atoms with van der Waals surface area (Å²) < 4.78 is 10.3. The van der Waals surface area contributed by atoms with Gasteiger partial charge < -0.3 is 9.47 Å². The van der Waals surface area contributed by atoms with Crippen molar-refractivity contribution in [2.24, 2.45) is 0 Å².